The van der Waals surface area contributed by atoms with E-state index in [4.69, 9.17) is 14.2 Å². The van der Waals surface area contributed by atoms with E-state index in [9.17, 15) is 14.4 Å². The molecule has 0 saturated carbocycles. The first kappa shape index (κ1) is 61.4. The van der Waals surface area contributed by atoms with Crippen molar-refractivity contribution in [2.24, 2.45) is 0 Å². The molecule has 1 atom stereocenters. The molecule has 0 aromatic heterocycles. The standard InChI is InChI=1S/C57H110O6/c1-4-7-10-13-16-19-22-25-27-29-31-32-35-38-41-44-47-50-56(59)62-53-54(52-61-55(58)49-46-43-40-37-34-24-21-18-15-12-9-6-3)63-57(60)51-48-45-42-39-36-33-30-28-26-23-20-17-14-11-8-5-2/h54H,4-53H2,1-3H3/t54-/m1/s1. The fourth-order valence-corrected chi connectivity index (χ4v) is 8.80. The van der Waals surface area contributed by atoms with Gasteiger partial charge in [-0.15, -0.1) is 0 Å². The predicted molar refractivity (Wildman–Crippen MR) is 270 cm³/mol. The van der Waals surface area contributed by atoms with Gasteiger partial charge >= 0.3 is 17.9 Å². The molecule has 0 radical (unpaired) electrons. The van der Waals surface area contributed by atoms with Crippen molar-refractivity contribution in [1.29, 1.82) is 0 Å². The molecule has 0 aromatic carbocycles. The molecule has 0 unspecified atom stereocenters. The Kier molecular flexibility index (Phi) is 51.7. The molecule has 0 fully saturated rings. The third-order valence-corrected chi connectivity index (χ3v) is 13.1. The Morgan fingerprint density at radius 3 is 0.635 bits per heavy atom. The third-order valence-electron chi connectivity index (χ3n) is 13.1. The molecule has 0 aliphatic heterocycles. The Bertz CT molecular complexity index is 936. The summed E-state index contributed by atoms with van der Waals surface area (Å²) in [7, 11) is 0. The highest BCUT2D eigenvalue weighted by atomic mass is 16.6. The molecular weight excluding hydrogens is 781 g/mol. The molecule has 374 valence electrons. The zero-order chi connectivity index (χ0) is 45.8. The van der Waals surface area contributed by atoms with E-state index in [1.807, 2.05) is 0 Å². The fraction of sp³-hybridized carbons (Fsp3) is 0.947. The van der Waals surface area contributed by atoms with E-state index in [0.717, 1.165) is 57.8 Å². The molecule has 0 amide bonds. The quantitative estimate of drug-likeness (QED) is 0.0344. The first-order chi connectivity index (χ1) is 31.0. The molecular formula is C57H110O6. The highest BCUT2D eigenvalue weighted by Crippen LogP contribution is 2.18. The molecule has 0 aliphatic rings. The van der Waals surface area contributed by atoms with E-state index in [2.05, 4.69) is 20.8 Å². The summed E-state index contributed by atoms with van der Waals surface area (Å²) >= 11 is 0. The maximum atomic E-state index is 12.8. The van der Waals surface area contributed by atoms with Gasteiger partial charge in [0.2, 0.25) is 0 Å². The van der Waals surface area contributed by atoms with Crippen LogP contribution in [0.2, 0.25) is 0 Å². The van der Waals surface area contributed by atoms with Crippen molar-refractivity contribution in [3.05, 3.63) is 0 Å². The van der Waals surface area contributed by atoms with Crippen molar-refractivity contribution in [1.82, 2.24) is 0 Å². The zero-order valence-corrected chi connectivity index (χ0v) is 42.9. The summed E-state index contributed by atoms with van der Waals surface area (Å²) in [6, 6.07) is 0. The number of hydrogen-bond acceptors (Lipinski definition) is 6. The second kappa shape index (κ2) is 53.0. The minimum absolute atomic E-state index is 0.0611. The molecule has 0 spiro atoms. The van der Waals surface area contributed by atoms with Gasteiger partial charge in [0.1, 0.15) is 13.2 Å². The Hall–Kier alpha value is -1.59. The maximum absolute atomic E-state index is 12.8. The van der Waals surface area contributed by atoms with Crippen LogP contribution in [0.1, 0.15) is 329 Å². The van der Waals surface area contributed by atoms with Crippen LogP contribution in [0.15, 0.2) is 0 Å². The van der Waals surface area contributed by atoms with Crippen molar-refractivity contribution < 1.29 is 28.6 Å². The predicted octanol–water partition coefficient (Wildman–Crippen LogP) is 18.8. The average molecular weight is 892 g/mol. The van der Waals surface area contributed by atoms with Crippen LogP contribution in [-0.2, 0) is 28.6 Å². The van der Waals surface area contributed by atoms with Crippen molar-refractivity contribution in [2.75, 3.05) is 13.2 Å². The van der Waals surface area contributed by atoms with Gasteiger partial charge in [0.15, 0.2) is 6.10 Å². The maximum Gasteiger partial charge on any atom is 0.306 e. The molecule has 0 N–H and O–H groups in total. The highest BCUT2D eigenvalue weighted by Gasteiger charge is 2.19. The van der Waals surface area contributed by atoms with Crippen LogP contribution >= 0.6 is 0 Å². The van der Waals surface area contributed by atoms with Crippen LogP contribution in [0.25, 0.3) is 0 Å². The first-order valence-electron chi connectivity index (χ1n) is 28.5. The number of carbonyl (C=O) groups is 3. The number of ether oxygens (including phenoxy) is 3. The fourth-order valence-electron chi connectivity index (χ4n) is 8.80. The van der Waals surface area contributed by atoms with Crippen LogP contribution in [0.3, 0.4) is 0 Å². The second-order valence-corrected chi connectivity index (χ2v) is 19.6. The van der Waals surface area contributed by atoms with Crippen LogP contribution in [0.4, 0.5) is 0 Å². The minimum atomic E-state index is -0.760. The van der Waals surface area contributed by atoms with Gasteiger partial charge in [-0.25, -0.2) is 0 Å². The first-order valence-corrected chi connectivity index (χ1v) is 28.5. The Morgan fingerprint density at radius 1 is 0.254 bits per heavy atom. The van der Waals surface area contributed by atoms with Crippen LogP contribution < -0.4 is 0 Å². The minimum Gasteiger partial charge on any atom is -0.462 e. The van der Waals surface area contributed by atoms with Crippen molar-refractivity contribution in [3.8, 4) is 0 Å². The summed E-state index contributed by atoms with van der Waals surface area (Å²) in [5.74, 6) is -0.833. The number of hydrogen-bond donors (Lipinski definition) is 0. The smallest absolute Gasteiger partial charge is 0.306 e. The molecule has 0 aliphatic carbocycles. The lowest BCUT2D eigenvalue weighted by atomic mass is 10.0. The summed E-state index contributed by atoms with van der Waals surface area (Å²) < 4.78 is 16.9. The lowest BCUT2D eigenvalue weighted by Crippen LogP contribution is -2.30. The highest BCUT2D eigenvalue weighted by molar-refractivity contribution is 5.71. The van der Waals surface area contributed by atoms with Gasteiger partial charge in [-0.1, -0.05) is 290 Å². The van der Waals surface area contributed by atoms with E-state index in [0.29, 0.717) is 19.3 Å². The zero-order valence-electron chi connectivity index (χ0n) is 42.9. The van der Waals surface area contributed by atoms with E-state index >= 15 is 0 Å². The normalized spacial score (nSPS) is 11.9. The van der Waals surface area contributed by atoms with E-state index in [1.165, 1.54) is 231 Å². The van der Waals surface area contributed by atoms with Crippen LogP contribution in [0.5, 0.6) is 0 Å². The largest absolute Gasteiger partial charge is 0.462 e. The number of rotatable bonds is 53. The summed E-state index contributed by atoms with van der Waals surface area (Å²) in [4.78, 5) is 38.1. The van der Waals surface area contributed by atoms with E-state index < -0.39 is 6.10 Å². The summed E-state index contributed by atoms with van der Waals surface area (Å²) in [5, 5.41) is 0. The Balaban J connectivity index is 4.27. The van der Waals surface area contributed by atoms with Gasteiger partial charge in [-0.05, 0) is 19.3 Å². The van der Waals surface area contributed by atoms with Gasteiger partial charge in [0.25, 0.3) is 0 Å². The number of carbonyl (C=O) groups excluding carboxylic acids is 3. The van der Waals surface area contributed by atoms with E-state index in [1.54, 1.807) is 0 Å². The monoisotopic (exact) mass is 891 g/mol. The Morgan fingerprint density at radius 2 is 0.429 bits per heavy atom. The van der Waals surface area contributed by atoms with Crippen LogP contribution in [-0.4, -0.2) is 37.2 Å². The number of unbranched alkanes of at least 4 members (excludes halogenated alkanes) is 42. The number of esters is 3. The van der Waals surface area contributed by atoms with E-state index in [-0.39, 0.29) is 31.1 Å². The van der Waals surface area contributed by atoms with Gasteiger partial charge in [-0.3, -0.25) is 14.4 Å². The lowest BCUT2D eigenvalue weighted by molar-refractivity contribution is -0.167. The molecule has 0 heterocycles. The molecule has 0 saturated heterocycles. The molecule has 6 heteroatoms. The van der Waals surface area contributed by atoms with Gasteiger partial charge in [-0.2, -0.15) is 0 Å². The van der Waals surface area contributed by atoms with Crippen molar-refractivity contribution in [2.45, 2.75) is 335 Å². The summed E-state index contributed by atoms with van der Waals surface area (Å²) in [6.07, 6.45) is 58.0. The Labute approximate surface area is 393 Å². The third kappa shape index (κ3) is 51.3. The van der Waals surface area contributed by atoms with Gasteiger partial charge in [0.05, 0.1) is 0 Å². The molecule has 63 heavy (non-hydrogen) atoms. The molecule has 6 nitrogen and oxygen atoms in total. The average Bonchev–Trinajstić information content (AvgIpc) is 3.28. The van der Waals surface area contributed by atoms with Crippen LogP contribution in [0, 0.1) is 0 Å². The molecule has 0 rings (SSSR count). The topological polar surface area (TPSA) is 78.9 Å². The lowest BCUT2D eigenvalue weighted by Gasteiger charge is -2.18. The van der Waals surface area contributed by atoms with Crippen molar-refractivity contribution in [3.63, 3.8) is 0 Å². The second-order valence-electron chi connectivity index (χ2n) is 19.6. The summed E-state index contributed by atoms with van der Waals surface area (Å²) in [5.41, 5.74) is 0. The van der Waals surface area contributed by atoms with Crippen molar-refractivity contribution >= 4 is 17.9 Å². The SMILES string of the molecule is CCCCCCCCCCCCCCCCCCCC(=O)OC[C@@H](COC(=O)CCCCCCCCCCCCCC)OC(=O)CCCCCCCCCCCCCCCCCC. The molecule has 0 aromatic rings. The van der Waals surface area contributed by atoms with Gasteiger partial charge in [0, 0.05) is 19.3 Å². The molecule has 0 bridgehead atoms. The van der Waals surface area contributed by atoms with Gasteiger partial charge < -0.3 is 14.2 Å². The summed E-state index contributed by atoms with van der Waals surface area (Å²) in [6.45, 7) is 6.70.